The Morgan fingerprint density at radius 3 is 2.50 bits per heavy atom. The molecule has 0 aliphatic carbocycles. The summed E-state index contributed by atoms with van der Waals surface area (Å²) in [7, 11) is 0. The molecule has 9 heteroatoms. The van der Waals surface area contributed by atoms with Crippen LogP contribution < -0.4 is 10.2 Å². The van der Waals surface area contributed by atoms with Crippen LogP contribution in [0.4, 0.5) is 11.4 Å². The highest BCUT2D eigenvalue weighted by atomic mass is 79.9. The average Bonchev–Trinajstić information content (AvgIpc) is 3.24. The molecule has 2 heterocycles. The second kappa shape index (κ2) is 9.63. The van der Waals surface area contributed by atoms with Crippen LogP contribution in [-0.4, -0.2) is 47.7 Å². The molecule has 7 nitrogen and oxygen atoms in total. The Morgan fingerprint density at radius 1 is 1.10 bits per heavy atom. The van der Waals surface area contributed by atoms with Crippen molar-refractivity contribution in [1.29, 1.82) is 0 Å². The standard InChI is InChI=1S/C21H21BrN4O3S/c1-14(30-21-25-24-20(29-21)15-2-4-16(22)5-3-15)19(27)23-17-6-8-18(9-7-17)26-10-12-28-13-11-26/h2-9,14H,10-13H2,1H3,(H,23,27). The van der Waals surface area contributed by atoms with E-state index in [4.69, 9.17) is 9.15 Å². The summed E-state index contributed by atoms with van der Waals surface area (Å²) in [5, 5.41) is 11.0. The van der Waals surface area contributed by atoms with Crippen LogP contribution >= 0.6 is 27.7 Å². The van der Waals surface area contributed by atoms with Crippen LogP contribution in [0, 0.1) is 0 Å². The number of thioether (sulfide) groups is 1. The number of hydrogen-bond donors (Lipinski definition) is 1. The molecule has 0 bridgehead atoms. The summed E-state index contributed by atoms with van der Waals surface area (Å²) < 4.78 is 12.1. The minimum Gasteiger partial charge on any atom is -0.411 e. The van der Waals surface area contributed by atoms with Crippen LogP contribution in [0.5, 0.6) is 0 Å². The lowest BCUT2D eigenvalue weighted by atomic mass is 10.2. The Balaban J connectivity index is 1.33. The van der Waals surface area contributed by atoms with E-state index in [-0.39, 0.29) is 11.2 Å². The van der Waals surface area contributed by atoms with Gasteiger partial charge in [0, 0.05) is 34.5 Å². The second-order valence-electron chi connectivity index (χ2n) is 6.78. The van der Waals surface area contributed by atoms with Gasteiger partial charge in [0.2, 0.25) is 11.8 Å². The van der Waals surface area contributed by atoms with E-state index < -0.39 is 0 Å². The fourth-order valence-electron chi connectivity index (χ4n) is 2.99. The third-order valence-corrected chi connectivity index (χ3v) is 6.12. The maximum Gasteiger partial charge on any atom is 0.277 e. The lowest BCUT2D eigenvalue weighted by molar-refractivity contribution is -0.115. The fraction of sp³-hybridized carbons (Fsp3) is 0.286. The van der Waals surface area contributed by atoms with E-state index in [2.05, 4.69) is 36.3 Å². The molecule has 2 aromatic carbocycles. The first kappa shape index (κ1) is 20.9. The molecule has 1 N–H and O–H groups in total. The molecule has 1 amide bonds. The third kappa shape index (κ3) is 5.21. The van der Waals surface area contributed by atoms with Gasteiger partial charge >= 0.3 is 0 Å². The normalized spacial score (nSPS) is 15.1. The zero-order valence-electron chi connectivity index (χ0n) is 16.4. The highest BCUT2D eigenvalue weighted by molar-refractivity contribution is 9.10. The number of carbonyl (C=O) groups excluding carboxylic acids is 1. The molecule has 1 saturated heterocycles. The molecule has 1 aliphatic rings. The molecular formula is C21H21BrN4O3S. The number of ether oxygens (including phenoxy) is 1. The third-order valence-electron chi connectivity index (χ3n) is 4.66. The van der Waals surface area contributed by atoms with E-state index in [0.717, 1.165) is 47.7 Å². The number of benzene rings is 2. The van der Waals surface area contributed by atoms with Crippen LogP contribution in [-0.2, 0) is 9.53 Å². The zero-order chi connectivity index (χ0) is 20.9. The van der Waals surface area contributed by atoms with E-state index in [0.29, 0.717) is 11.1 Å². The highest BCUT2D eigenvalue weighted by Crippen LogP contribution is 2.28. The zero-order valence-corrected chi connectivity index (χ0v) is 18.8. The minimum absolute atomic E-state index is 0.123. The first-order chi connectivity index (χ1) is 14.6. The summed E-state index contributed by atoms with van der Waals surface area (Å²) in [4.78, 5) is 14.8. The molecule has 1 aromatic heterocycles. The lowest BCUT2D eigenvalue weighted by Gasteiger charge is -2.28. The van der Waals surface area contributed by atoms with E-state index >= 15 is 0 Å². The van der Waals surface area contributed by atoms with Crippen LogP contribution in [0.1, 0.15) is 6.92 Å². The molecule has 1 aliphatic heterocycles. The maximum atomic E-state index is 12.6. The molecular weight excluding hydrogens is 468 g/mol. The van der Waals surface area contributed by atoms with Gasteiger partial charge in [-0.15, -0.1) is 10.2 Å². The molecule has 30 heavy (non-hydrogen) atoms. The summed E-state index contributed by atoms with van der Waals surface area (Å²) in [5.74, 6) is 0.304. The molecule has 0 radical (unpaired) electrons. The van der Waals surface area contributed by atoms with Crippen molar-refractivity contribution >= 4 is 45.0 Å². The number of amides is 1. The molecule has 1 fully saturated rings. The molecule has 3 aromatic rings. The van der Waals surface area contributed by atoms with Gasteiger partial charge in [0.1, 0.15) is 0 Å². The molecule has 4 rings (SSSR count). The topological polar surface area (TPSA) is 80.5 Å². The van der Waals surface area contributed by atoms with Gasteiger partial charge in [-0.1, -0.05) is 27.7 Å². The van der Waals surface area contributed by atoms with Crippen molar-refractivity contribution in [2.24, 2.45) is 0 Å². The highest BCUT2D eigenvalue weighted by Gasteiger charge is 2.19. The number of nitrogens with zero attached hydrogens (tertiary/aromatic N) is 3. The quantitative estimate of drug-likeness (QED) is 0.513. The number of nitrogens with one attached hydrogen (secondary N) is 1. The number of rotatable bonds is 6. The van der Waals surface area contributed by atoms with Crippen molar-refractivity contribution in [2.45, 2.75) is 17.4 Å². The number of morpholine rings is 1. The van der Waals surface area contributed by atoms with Crippen LogP contribution in [0.15, 0.2) is 62.6 Å². The van der Waals surface area contributed by atoms with Crippen molar-refractivity contribution in [3.8, 4) is 11.5 Å². The van der Waals surface area contributed by atoms with Crippen molar-refractivity contribution in [3.05, 3.63) is 53.0 Å². The summed E-state index contributed by atoms with van der Waals surface area (Å²) in [5.41, 5.74) is 2.71. The molecule has 0 saturated carbocycles. The monoisotopic (exact) mass is 488 g/mol. The van der Waals surface area contributed by atoms with Gasteiger partial charge in [0.05, 0.1) is 18.5 Å². The Kier molecular flexibility index (Phi) is 6.71. The van der Waals surface area contributed by atoms with E-state index in [1.807, 2.05) is 55.5 Å². The molecule has 156 valence electrons. The summed E-state index contributed by atoms with van der Waals surface area (Å²) in [6, 6.07) is 15.5. The van der Waals surface area contributed by atoms with Gasteiger partial charge in [-0.05, 0) is 55.5 Å². The van der Waals surface area contributed by atoms with Gasteiger partial charge in [0.25, 0.3) is 5.22 Å². The largest absolute Gasteiger partial charge is 0.411 e. The number of anilines is 2. The van der Waals surface area contributed by atoms with E-state index in [1.165, 1.54) is 11.8 Å². The Bertz CT molecular complexity index is 988. The second-order valence-corrected chi connectivity index (χ2v) is 8.98. The van der Waals surface area contributed by atoms with Crippen LogP contribution in [0.3, 0.4) is 0 Å². The number of aromatic nitrogens is 2. The minimum atomic E-state index is -0.387. The van der Waals surface area contributed by atoms with E-state index in [1.54, 1.807) is 0 Å². The predicted octanol–water partition coefficient (Wildman–Crippen LogP) is 4.46. The van der Waals surface area contributed by atoms with Gasteiger partial charge in [-0.2, -0.15) is 0 Å². The van der Waals surface area contributed by atoms with Gasteiger partial charge in [-0.3, -0.25) is 4.79 Å². The molecule has 1 atom stereocenters. The SMILES string of the molecule is CC(Sc1nnc(-c2ccc(Br)cc2)o1)C(=O)Nc1ccc(N2CCOCC2)cc1. The van der Waals surface area contributed by atoms with Gasteiger partial charge in [0.15, 0.2) is 0 Å². The summed E-state index contributed by atoms with van der Waals surface area (Å²) in [6.45, 7) is 5.06. The fourth-order valence-corrected chi connectivity index (χ4v) is 3.94. The van der Waals surface area contributed by atoms with Gasteiger partial charge in [-0.25, -0.2) is 0 Å². The Hall–Kier alpha value is -2.36. The summed E-state index contributed by atoms with van der Waals surface area (Å²) >= 11 is 4.63. The smallest absolute Gasteiger partial charge is 0.277 e. The van der Waals surface area contributed by atoms with Crippen LogP contribution in [0.2, 0.25) is 0 Å². The number of carbonyl (C=O) groups is 1. The van der Waals surface area contributed by atoms with Crippen molar-refractivity contribution in [3.63, 3.8) is 0 Å². The van der Waals surface area contributed by atoms with E-state index in [9.17, 15) is 4.79 Å². The first-order valence-corrected chi connectivity index (χ1v) is 11.3. The number of hydrogen-bond acceptors (Lipinski definition) is 7. The predicted molar refractivity (Wildman–Crippen MR) is 121 cm³/mol. The van der Waals surface area contributed by atoms with Crippen molar-refractivity contribution in [1.82, 2.24) is 10.2 Å². The lowest BCUT2D eigenvalue weighted by Crippen LogP contribution is -2.36. The first-order valence-electron chi connectivity index (χ1n) is 9.58. The van der Waals surface area contributed by atoms with Crippen molar-refractivity contribution in [2.75, 3.05) is 36.5 Å². The Labute approximate surface area is 187 Å². The molecule has 0 spiro atoms. The Morgan fingerprint density at radius 2 is 1.80 bits per heavy atom. The average molecular weight is 489 g/mol. The summed E-state index contributed by atoms with van der Waals surface area (Å²) in [6.07, 6.45) is 0. The number of halogens is 1. The maximum absolute atomic E-state index is 12.6. The van der Waals surface area contributed by atoms with Gasteiger partial charge < -0.3 is 19.4 Å². The van der Waals surface area contributed by atoms with Crippen LogP contribution in [0.25, 0.3) is 11.5 Å². The van der Waals surface area contributed by atoms with Crippen molar-refractivity contribution < 1.29 is 13.9 Å². The molecule has 1 unspecified atom stereocenters.